The second-order valence-corrected chi connectivity index (χ2v) is 0.891. The van der Waals surface area contributed by atoms with Crippen molar-refractivity contribution >= 4 is 0 Å². The standard InChI is InChI=1S/C3H8N2O/c1-2-4-3-5-6/h4H,2-3H2,1H3. The summed E-state index contributed by atoms with van der Waals surface area (Å²) in [6.45, 7) is 2.97. The molecule has 0 atom stereocenters. The van der Waals surface area contributed by atoms with Crippen molar-refractivity contribution in [3.05, 3.63) is 4.91 Å². The molecule has 1 N–H and O–H groups in total. The van der Waals surface area contributed by atoms with Crippen LogP contribution in [0.25, 0.3) is 0 Å². The van der Waals surface area contributed by atoms with Crippen molar-refractivity contribution in [1.29, 1.82) is 0 Å². The zero-order valence-corrected chi connectivity index (χ0v) is 3.77. The summed E-state index contributed by atoms with van der Waals surface area (Å²) in [5.41, 5.74) is 0. The fourth-order valence-corrected chi connectivity index (χ4v) is 0.157. The van der Waals surface area contributed by atoms with E-state index < -0.39 is 0 Å². The molecule has 0 aromatic heterocycles. The normalized spacial score (nSPS) is 8.17. The maximum absolute atomic E-state index is 9.25. The quantitative estimate of drug-likeness (QED) is 0.398. The largest absolute Gasteiger partial charge is 0.296 e. The third kappa shape index (κ3) is 3.56. The minimum Gasteiger partial charge on any atom is -0.296 e. The molecule has 36 valence electrons. The predicted octanol–water partition coefficient (Wildman–Crippen LogP) is 0.320. The lowest BCUT2D eigenvalue weighted by molar-refractivity contribution is 0.740. The second-order valence-electron chi connectivity index (χ2n) is 0.891. The molecule has 6 heavy (non-hydrogen) atoms. The zero-order chi connectivity index (χ0) is 4.83. The first-order valence-electron chi connectivity index (χ1n) is 1.91. The topological polar surface area (TPSA) is 41.5 Å². The molecule has 0 saturated carbocycles. The Hall–Kier alpha value is -0.440. The van der Waals surface area contributed by atoms with Crippen LogP contribution in [0.1, 0.15) is 6.92 Å². The van der Waals surface area contributed by atoms with Crippen LogP contribution in [0.3, 0.4) is 0 Å². The van der Waals surface area contributed by atoms with E-state index in [-0.39, 0.29) is 6.67 Å². The molecule has 0 aliphatic rings. The van der Waals surface area contributed by atoms with Crippen LogP contribution in [0.15, 0.2) is 5.18 Å². The molecule has 0 unspecified atom stereocenters. The predicted molar refractivity (Wildman–Crippen MR) is 24.3 cm³/mol. The lowest BCUT2D eigenvalue weighted by Gasteiger charge is -1.84. The fourth-order valence-electron chi connectivity index (χ4n) is 0.157. The lowest BCUT2D eigenvalue weighted by atomic mass is 10.8. The minimum absolute atomic E-state index is 0.233. The van der Waals surface area contributed by atoms with Crippen molar-refractivity contribution in [3.63, 3.8) is 0 Å². The molecule has 0 radical (unpaired) electrons. The van der Waals surface area contributed by atoms with Gasteiger partial charge in [0.15, 0.2) is 0 Å². The van der Waals surface area contributed by atoms with Gasteiger partial charge in [-0.25, -0.2) is 0 Å². The van der Waals surface area contributed by atoms with Crippen molar-refractivity contribution in [1.82, 2.24) is 5.32 Å². The summed E-state index contributed by atoms with van der Waals surface area (Å²) in [6.07, 6.45) is 0. The van der Waals surface area contributed by atoms with E-state index in [1.54, 1.807) is 0 Å². The van der Waals surface area contributed by atoms with E-state index in [0.29, 0.717) is 0 Å². The summed E-state index contributed by atoms with van der Waals surface area (Å²) < 4.78 is 0. The molecule has 0 fully saturated rings. The van der Waals surface area contributed by atoms with Crippen LogP contribution in [0.2, 0.25) is 0 Å². The molecular weight excluding hydrogens is 80.0 g/mol. The van der Waals surface area contributed by atoms with Gasteiger partial charge in [0.25, 0.3) is 0 Å². The maximum atomic E-state index is 9.25. The maximum Gasteiger partial charge on any atom is 0.131 e. The number of nitrogens with zero attached hydrogens (tertiary/aromatic N) is 1. The van der Waals surface area contributed by atoms with Gasteiger partial charge in [-0.3, -0.25) is 5.32 Å². The number of hydrogen-bond acceptors (Lipinski definition) is 3. The van der Waals surface area contributed by atoms with Crippen LogP contribution in [0.5, 0.6) is 0 Å². The van der Waals surface area contributed by atoms with Crippen LogP contribution in [0, 0.1) is 4.91 Å². The zero-order valence-electron chi connectivity index (χ0n) is 3.77. The molecular formula is C3H8N2O. The Balaban J connectivity index is 2.49. The SMILES string of the molecule is CCNCN=O. The Morgan fingerprint density at radius 3 is 2.67 bits per heavy atom. The van der Waals surface area contributed by atoms with Gasteiger partial charge >= 0.3 is 0 Å². The summed E-state index contributed by atoms with van der Waals surface area (Å²) >= 11 is 0. The van der Waals surface area contributed by atoms with E-state index in [1.165, 1.54) is 0 Å². The van der Waals surface area contributed by atoms with Gasteiger partial charge in [-0.2, -0.15) is 0 Å². The average molecular weight is 88.1 g/mol. The molecule has 0 aliphatic heterocycles. The van der Waals surface area contributed by atoms with Crippen molar-refractivity contribution in [2.24, 2.45) is 5.18 Å². The van der Waals surface area contributed by atoms with Crippen LogP contribution < -0.4 is 5.32 Å². The smallest absolute Gasteiger partial charge is 0.131 e. The van der Waals surface area contributed by atoms with Crippen LogP contribution in [0.4, 0.5) is 0 Å². The van der Waals surface area contributed by atoms with Crippen molar-refractivity contribution < 1.29 is 0 Å². The van der Waals surface area contributed by atoms with Crippen molar-refractivity contribution in [2.75, 3.05) is 13.2 Å². The van der Waals surface area contributed by atoms with Gasteiger partial charge in [0, 0.05) is 0 Å². The summed E-state index contributed by atoms with van der Waals surface area (Å²) in [5, 5.41) is 5.28. The first kappa shape index (κ1) is 5.56. The molecule has 0 bridgehead atoms. The van der Waals surface area contributed by atoms with E-state index in [4.69, 9.17) is 0 Å². The fraction of sp³-hybridized carbons (Fsp3) is 1.00. The molecule has 0 amide bonds. The molecule has 0 spiro atoms. The van der Waals surface area contributed by atoms with Gasteiger partial charge in [0.1, 0.15) is 6.67 Å². The van der Waals surface area contributed by atoms with Gasteiger partial charge in [0.2, 0.25) is 0 Å². The summed E-state index contributed by atoms with van der Waals surface area (Å²) in [7, 11) is 0. The molecule has 0 aromatic carbocycles. The van der Waals surface area contributed by atoms with Crippen molar-refractivity contribution in [2.45, 2.75) is 6.92 Å². The summed E-state index contributed by atoms with van der Waals surface area (Å²) in [4.78, 5) is 9.25. The third-order valence-corrected chi connectivity index (χ3v) is 0.426. The van der Waals surface area contributed by atoms with E-state index in [9.17, 15) is 4.91 Å². The Morgan fingerprint density at radius 1 is 1.83 bits per heavy atom. The highest BCUT2D eigenvalue weighted by Gasteiger charge is 1.70. The third-order valence-electron chi connectivity index (χ3n) is 0.426. The molecule has 0 aliphatic carbocycles. The Labute approximate surface area is 36.7 Å². The molecule has 3 heteroatoms. The highest BCUT2D eigenvalue weighted by Crippen LogP contribution is 1.55. The van der Waals surface area contributed by atoms with E-state index >= 15 is 0 Å². The molecule has 0 rings (SSSR count). The van der Waals surface area contributed by atoms with Gasteiger partial charge in [-0.15, -0.1) is 4.91 Å². The second kappa shape index (κ2) is 4.56. The van der Waals surface area contributed by atoms with Gasteiger partial charge in [-0.1, -0.05) is 12.1 Å². The number of nitroso groups, excluding NO2 is 1. The molecule has 0 saturated heterocycles. The number of rotatable bonds is 3. The summed E-state index contributed by atoms with van der Waals surface area (Å²) in [5.74, 6) is 0. The summed E-state index contributed by atoms with van der Waals surface area (Å²) in [6, 6.07) is 0. The highest BCUT2D eigenvalue weighted by atomic mass is 16.3. The number of hydrogen-bond donors (Lipinski definition) is 1. The van der Waals surface area contributed by atoms with Crippen LogP contribution >= 0.6 is 0 Å². The van der Waals surface area contributed by atoms with Gasteiger partial charge < -0.3 is 0 Å². The van der Waals surface area contributed by atoms with Gasteiger partial charge in [-0.05, 0) is 6.54 Å². The van der Waals surface area contributed by atoms with E-state index in [0.717, 1.165) is 6.54 Å². The Kier molecular flexibility index (Phi) is 4.23. The minimum atomic E-state index is 0.233. The van der Waals surface area contributed by atoms with E-state index in [1.807, 2.05) is 6.92 Å². The first-order chi connectivity index (χ1) is 2.91. The van der Waals surface area contributed by atoms with Crippen molar-refractivity contribution in [3.8, 4) is 0 Å². The Bertz CT molecular complexity index is 37.8. The lowest BCUT2D eigenvalue weighted by Crippen LogP contribution is -2.10. The molecule has 3 nitrogen and oxygen atoms in total. The molecule has 0 aromatic rings. The molecule has 0 heterocycles. The monoisotopic (exact) mass is 88.1 g/mol. The van der Waals surface area contributed by atoms with Crippen LogP contribution in [-0.2, 0) is 0 Å². The number of nitrogens with one attached hydrogen (secondary N) is 1. The van der Waals surface area contributed by atoms with Gasteiger partial charge in [0.05, 0.1) is 0 Å². The average Bonchev–Trinajstić information content (AvgIpc) is 1.61. The Morgan fingerprint density at radius 2 is 2.50 bits per heavy atom. The first-order valence-corrected chi connectivity index (χ1v) is 1.91. The van der Waals surface area contributed by atoms with Crippen LogP contribution in [-0.4, -0.2) is 13.2 Å². The highest BCUT2D eigenvalue weighted by molar-refractivity contribution is 4.33. The van der Waals surface area contributed by atoms with E-state index in [2.05, 4.69) is 10.5 Å².